The maximum atomic E-state index is 5.81. The van der Waals surface area contributed by atoms with Crippen molar-refractivity contribution in [3.63, 3.8) is 0 Å². The Labute approximate surface area is 115 Å². The van der Waals surface area contributed by atoms with Gasteiger partial charge in [-0.25, -0.2) is 4.98 Å². The Morgan fingerprint density at radius 3 is 2.68 bits per heavy atom. The van der Waals surface area contributed by atoms with Crippen LogP contribution in [-0.4, -0.2) is 33.5 Å². The second kappa shape index (κ2) is 8.24. The maximum absolute atomic E-state index is 5.81. The monoisotopic (exact) mass is 269 g/mol. The third-order valence-corrected chi connectivity index (χ3v) is 3.16. The third-order valence-electron chi connectivity index (χ3n) is 3.16. The number of aromatic nitrogens is 3. The van der Waals surface area contributed by atoms with Crippen molar-refractivity contribution in [2.45, 2.75) is 59.2 Å². The van der Waals surface area contributed by atoms with Crippen LogP contribution >= 0.6 is 0 Å². The molecule has 0 bridgehead atoms. The summed E-state index contributed by atoms with van der Waals surface area (Å²) < 4.78 is 7.74. The van der Waals surface area contributed by atoms with Gasteiger partial charge in [0, 0.05) is 19.6 Å². The summed E-state index contributed by atoms with van der Waals surface area (Å²) in [5.74, 6) is 7.04. The molecule has 110 valence electrons. The zero-order chi connectivity index (χ0) is 14.3. The van der Waals surface area contributed by atoms with Crippen LogP contribution in [0.25, 0.3) is 0 Å². The van der Waals surface area contributed by atoms with E-state index in [4.69, 9.17) is 10.6 Å². The lowest BCUT2D eigenvalue weighted by Crippen LogP contribution is -2.49. The fraction of sp³-hybridized carbons (Fsp3) is 0.846. The number of hydrogen-bond donors (Lipinski definition) is 2. The van der Waals surface area contributed by atoms with Crippen LogP contribution in [0, 0.1) is 5.92 Å². The number of hydrogen-bond acceptors (Lipinski definition) is 5. The lowest BCUT2D eigenvalue weighted by Gasteiger charge is -2.29. The first-order valence-corrected chi connectivity index (χ1v) is 7.08. The molecular formula is C13H27N5O. The molecule has 0 amide bonds. The fourth-order valence-electron chi connectivity index (χ4n) is 2.28. The van der Waals surface area contributed by atoms with Crippen molar-refractivity contribution in [3.8, 4) is 0 Å². The van der Waals surface area contributed by atoms with Gasteiger partial charge in [-0.1, -0.05) is 20.8 Å². The Morgan fingerprint density at radius 1 is 1.42 bits per heavy atom. The number of nitrogens with zero attached hydrogens (tertiary/aromatic N) is 3. The van der Waals surface area contributed by atoms with Crippen LogP contribution < -0.4 is 11.3 Å². The predicted octanol–water partition coefficient (Wildman–Crippen LogP) is 1.12. The van der Waals surface area contributed by atoms with Gasteiger partial charge in [0.15, 0.2) is 0 Å². The number of ether oxygens (including phenoxy) is 1. The summed E-state index contributed by atoms with van der Waals surface area (Å²) in [6.07, 6.45) is 3.43. The number of hydrazine groups is 1. The van der Waals surface area contributed by atoms with Crippen molar-refractivity contribution >= 4 is 0 Å². The molecule has 0 fully saturated rings. The van der Waals surface area contributed by atoms with E-state index in [1.54, 1.807) is 6.33 Å². The van der Waals surface area contributed by atoms with E-state index in [-0.39, 0.29) is 12.1 Å². The minimum absolute atomic E-state index is 0.0414. The van der Waals surface area contributed by atoms with E-state index in [2.05, 4.69) is 36.3 Å². The van der Waals surface area contributed by atoms with Crippen molar-refractivity contribution in [2.75, 3.05) is 6.61 Å². The molecule has 2 atom stereocenters. The molecule has 3 N–H and O–H groups in total. The van der Waals surface area contributed by atoms with Gasteiger partial charge in [0.1, 0.15) is 12.2 Å². The average molecular weight is 269 g/mol. The molecule has 0 saturated heterocycles. The molecule has 6 heteroatoms. The molecule has 0 saturated carbocycles. The van der Waals surface area contributed by atoms with Crippen LogP contribution in [0.15, 0.2) is 6.33 Å². The first kappa shape index (κ1) is 16.1. The van der Waals surface area contributed by atoms with Gasteiger partial charge in [0.05, 0.1) is 12.1 Å². The van der Waals surface area contributed by atoms with Gasteiger partial charge >= 0.3 is 0 Å². The second-order valence-corrected chi connectivity index (χ2v) is 5.04. The molecule has 0 spiro atoms. The quantitative estimate of drug-likeness (QED) is 0.519. The molecule has 1 aromatic heterocycles. The summed E-state index contributed by atoms with van der Waals surface area (Å²) >= 11 is 0. The number of nitrogens with two attached hydrogens (primary N) is 1. The van der Waals surface area contributed by atoms with Crippen molar-refractivity contribution < 1.29 is 4.74 Å². The van der Waals surface area contributed by atoms with Crippen LogP contribution in [0.1, 0.15) is 39.9 Å². The third kappa shape index (κ3) is 4.56. The van der Waals surface area contributed by atoms with Gasteiger partial charge in [-0.15, -0.1) is 0 Å². The summed E-state index contributed by atoms with van der Waals surface area (Å²) in [7, 11) is 0. The van der Waals surface area contributed by atoms with Gasteiger partial charge in [-0.05, 0) is 19.3 Å². The highest BCUT2D eigenvalue weighted by atomic mass is 16.5. The summed E-state index contributed by atoms with van der Waals surface area (Å²) in [5.41, 5.74) is 2.87. The van der Waals surface area contributed by atoms with Crippen molar-refractivity contribution in [1.29, 1.82) is 0 Å². The topological polar surface area (TPSA) is 78.0 Å². The Bertz CT molecular complexity index is 353. The van der Waals surface area contributed by atoms with Crippen molar-refractivity contribution in [1.82, 2.24) is 20.2 Å². The van der Waals surface area contributed by atoms with Gasteiger partial charge in [0.25, 0.3) is 0 Å². The predicted molar refractivity (Wildman–Crippen MR) is 75.4 cm³/mol. The molecule has 1 heterocycles. The molecule has 0 aliphatic rings. The van der Waals surface area contributed by atoms with E-state index in [9.17, 15) is 0 Å². The van der Waals surface area contributed by atoms with Crippen molar-refractivity contribution in [2.24, 2.45) is 11.8 Å². The first-order valence-electron chi connectivity index (χ1n) is 7.08. The Kier molecular flexibility index (Phi) is 6.97. The van der Waals surface area contributed by atoms with Crippen LogP contribution in [-0.2, 0) is 17.7 Å². The largest absolute Gasteiger partial charge is 0.377 e. The maximum Gasteiger partial charge on any atom is 0.138 e. The lowest BCUT2D eigenvalue weighted by molar-refractivity contribution is 0.00288. The molecule has 0 aromatic carbocycles. The standard InChI is InChI=1S/C13H27N5O/c1-5-7-18-12(15-9-16-18)8-11(17-14)13(10(3)4)19-6-2/h9-11,13,17H,5-8,14H2,1-4H3. The van der Waals surface area contributed by atoms with Gasteiger partial charge < -0.3 is 4.74 Å². The zero-order valence-electron chi connectivity index (χ0n) is 12.5. The smallest absolute Gasteiger partial charge is 0.138 e. The number of nitrogens with one attached hydrogen (secondary N) is 1. The molecule has 1 aromatic rings. The fourth-order valence-corrected chi connectivity index (χ4v) is 2.28. The number of rotatable bonds is 9. The molecule has 0 radical (unpaired) electrons. The summed E-state index contributed by atoms with van der Waals surface area (Å²) in [4.78, 5) is 4.33. The Morgan fingerprint density at radius 2 is 2.16 bits per heavy atom. The average Bonchev–Trinajstić information content (AvgIpc) is 2.81. The molecule has 2 unspecified atom stereocenters. The lowest BCUT2D eigenvalue weighted by atomic mass is 9.97. The van der Waals surface area contributed by atoms with Gasteiger partial charge in [0.2, 0.25) is 0 Å². The van der Waals surface area contributed by atoms with E-state index < -0.39 is 0 Å². The molecule has 6 nitrogen and oxygen atoms in total. The van der Waals surface area contributed by atoms with Crippen LogP contribution in [0.3, 0.4) is 0 Å². The van der Waals surface area contributed by atoms with E-state index in [0.717, 1.165) is 25.2 Å². The van der Waals surface area contributed by atoms with Crippen LogP contribution in [0.2, 0.25) is 0 Å². The van der Waals surface area contributed by atoms with E-state index in [1.807, 2.05) is 11.6 Å². The summed E-state index contributed by atoms with van der Waals surface area (Å²) in [6, 6.07) is 0.0414. The molecule has 0 aliphatic heterocycles. The summed E-state index contributed by atoms with van der Waals surface area (Å²) in [6.45, 7) is 9.98. The molecule has 1 rings (SSSR count). The van der Waals surface area contributed by atoms with E-state index in [1.165, 1.54) is 0 Å². The van der Waals surface area contributed by atoms with E-state index >= 15 is 0 Å². The van der Waals surface area contributed by atoms with E-state index in [0.29, 0.717) is 12.5 Å². The SMILES string of the molecule is CCCn1ncnc1CC(NN)C(OCC)C(C)C. The Hall–Kier alpha value is -0.980. The molecule has 0 aliphatic carbocycles. The highest BCUT2D eigenvalue weighted by Gasteiger charge is 2.26. The van der Waals surface area contributed by atoms with Crippen LogP contribution in [0.4, 0.5) is 0 Å². The first-order chi connectivity index (χ1) is 9.13. The molecule has 19 heavy (non-hydrogen) atoms. The molecular weight excluding hydrogens is 242 g/mol. The summed E-state index contributed by atoms with van der Waals surface area (Å²) in [5, 5.41) is 4.24. The van der Waals surface area contributed by atoms with Crippen molar-refractivity contribution in [3.05, 3.63) is 12.2 Å². The van der Waals surface area contributed by atoms with Gasteiger partial charge in [-0.2, -0.15) is 5.10 Å². The highest BCUT2D eigenvalue weighted by molar-refractivity contribution is 4.93. The van der Waals surface area contributed by atoms with Crippen LogP contribution in [0.5, 0.6) is 0 Å². The number of aryl methyl sites for hydroxylation is 1. The minimum atomic E-state index is 0.0414. The normalized spacial score (nSPS) is 14.8. The second-order valence-electron chi connectivity index (χ2n) is 5.04. The van der Waals surface area contributed by atoms with Gasteiger partial charge in [-0.3, -0.25) is 16.0 Å². The zero-order valence-corrected chi connectivity index (χ0v) is 12.5. The Balaban J connectivity index is 2.76. The minimum Gasteiger partial charge on any atom is -0.377 e. The highest BCUT2D eigenvalue weighted by Crippen LogP contribution is 2.14.